The quantitative estimate of drug-likeness (QED) is 0.0612. The van der Waals surface area contributed by atoms with Gasteiger partial charge in [-0.05, 0) is 37.8 Å². The Bertz CT molecular complexity index is 806. The van der Waals surface area contributed by atoms with Crippen molar-refractivity contribution >= 4 is 0 Å². The normalized spacial score (nSPS) is 12.1. The summed E-state index contributed by atoms with van der Waals surface area (Å²) in [6.07, 6.45) is 34.7. The van der Waals surface area contributed by atoms with Crippen LogP contribution in [0.2, 0.25) is 0 Å². The summed E-state index contributed by atoms with van der Waals surface area (Å²) in [5.41, 5.74) is 2.88. The Kier molecular flexibility index (Phi) is 20.9. The lowest BCUT2D eigenvalue weighted by Gasteiger charge is -2.37. The fourth-order valence-electron chi connectivity index (χ4n) is 5.95. The molecule has 0 amide bonds. The molecule has 0 aliphatic carbocycles. The van der Waals surface area contributed by atoms with Crippen molar-refractivity contribution in [1.29, 1.82) is 0 Å². The minimum absolute atomic E-state index is 1.05. The van der Waals surface area contributed by atoms with Crippen LogP contribution in [0.4, 0.5) is 0 Å². The fraction of sp³-hybridized carbons (Fsp3) is 0.600. The van der Waals surface area contributed by atoms with E-state index in [-0.39, 0.29) is 0 Å². The molecule has 0 unspecified atom stereocenters. The summed E-state index contributed by atoms with van der Waals surface area (Å²) < 4.78 is 1.05. The maximum Gasteiger partial charge on any atom is 0.105 e. The first kappa shape index (κ1) is 35.1. The first-order valence-electron chi connectivity index (χ1n) is 17.5. The monoisotopic (exact) mass is 559 g/mol. The van der Waals surface area contributed by atoms with Gasteiger partial charge in [-0.25, -0.2) is 0 Å². The Labute approximate surface area is 255 Å². The Morgan fingerprint density at radius 3 is 1.12 bits per heavy atom. The van der Waals surface area contributed by atoms with Crippen LogP contribution in [0.5, 0.6) is 0 Å². The van der Waals surface area contributed by atoms with Crippen LogP contribution in [0.15, 0.2) is 85.0 Å². The second-order valence-electron chi connectivity index (χ2n) is 12.5. The van der Waals surface area contributed by atoms with Crippen molar-refractivity contribution < 1.29 is 4.48 Å². The lowest BCUT2D eigenvalue weighted by atomic mass is 10.1. The molecule has 1 heteroatoms. The summed E-state index contributed by atoms with van der Waals surface area (Å²) in [5.74, 6) is 0. The van der Waals surface area contributed by atoms with Gasteiger partial charge in [-0.1, -0.05) is 177 Å². The number of hydrogen-bond acceptors (Lipinski definition) is 0. The number of hydrogen-bond donors (Lipinski definition) is 0. The molecule has 0 aliphatic rings. The van der Waals surface area contributed by atoms with Gasteiger partial charge in [0, 0.05) is 11.1 Å². The van der Waals surface area contributed by atoms with Crippen LogP contribution in [0, 0.1) is 0 Å². The number of rotatable bonds is 26. The highest BCUT2D eigenvalue weighted by Gasteiger charge is 2.26. The maximum absolute atomic E-state index is 2.50. The van der Waals surface area contributed by atoms with Crippen molar-refractivity contribution in [3.05, 3.63) is 96.1 Å². The van der Waals surface area contributed by atoms with Crippen molar-refractivity contribution in [2.45, 2.75) is 143 Å². The molecule has 0 aliphatic heterocycles. The van der Waals surface area contributed by atoms with E-state index >= 15 is 0 Å². The molecule has 0 aromatic heterocycles. The number of unbranched alkanes of at least 4 members (excludes halogenated alkanes) is 16. The van der Waals surface area contributed by atoms with E-state index in [0.717, 1.165) is 30.7 Å². The molecule has 0 atom stereocenters. The third-order valence-electron chi connectivity index (χ3n) is 8.49. The van der Waals surface area contributed by atoms with Crippen LogP contribution in [0.25, 0.3) is 0 Å². The van der Waals surface area contributed by atoms with E-state index < -0.39 is 0 Å². The molecule has 2 aromatic carbocycles. The van der Waals surface area contributed by atoms with Gasteiger partial charge in [-0.15, -0.1) is 0 Å². The fourth-order valence-corrected chi connectivity index (χ4v) is 5.95. The Morgan fingerprint density at radius 2 is 0.756 bits per heavy atom. The largest absolute Gasteiger partial charge is 0.310 e. The van der Waals surface area contributed by atoms with Crippen molar-refractivity contribution in [2.75, 3.05) is 13.1 Å². The molecule has 0 heterocycles. The van der Waals surface area contributed by atoms with Gasteiger partial charge in [0.15, 0.2) is 0 Å². The smallest absolute Gasteiger partial charge is 0.105 e. The molecule has 1 nitrogen and oxygen atoms in total. The third-order valence-corrected chi connectivity index (χ3v) is 8.49. The predicted molar refractivity (Wildman–Crippen MR) is 183 cm³/mol. The average Bonchev–Trinajstić information content (AvgIpc) is 3.00. The molecule has 0 saturated carbocycles. The average molecular weight is 559 g/mol. The van der Waals surface area contributed by atoms with Gasteiger partial charge in [0.1, 0.15) is 13.1 Å². The zero-order valence-electron chi connectivity index (χ0n) is 27.1. The van der Waals surface area contributed by atoms with Gasteiger partial charge in [-0.3, -0.25) is 0 Å². The zero-order chi connectivity index (χ0) is 29.1. The van der Waals surface area contributed by atoms with Gasteiger partial charge < -0.3 is 4.48 Å². The predicted octanol–water partition coefficient (Wildman–Crippen LogP) is 12.4. The molecule has 41 heavy (non-hydrogen) atoms. The molecule has 0 bridgehead atoms. The van der Waals surface area contributed by atoms with Gasteiger partial charge in [0.25, 0.3) is 0 Å². The van der Waals surface area contributed by atoms with E-state index in [4.69, 9.17) is 0 Å². The van der Waals surface area contributed by atoms with Gasteiger partial charge >= 0.3 is 0 Å². The second-order valence-corrected chi connectivity index (χ2v) is 12.5. The number of nitrogens with zero attached hydrogens (tertiary/aromatic N) is 1. The molecule has 0 fully saturated rings. The van der Waals surface area contributed by atoms with Crippen LogP contribution in [0.3, 0.4) is 0 Å². The van der Waals surface area contributed by atoms with E-state index in [9.17, 15) is 0 Å². The lowest BCUT2D eigenvalue weighted by Crippen LogP contribution is -2.46. The summed E-state index contributed by atoms with van der Waals surface area (Å²) in [6, 6.07) is 22.3. The third kappa shape index (κ3) is 18.1. The minimum Gasteiger partial charge on any atom is -0.310 e. The van der Waals surface area contributed by atoms with Crippen LogP contribution in [-0.2, 0) is 13.1 Å². The van der Waals surface area contributed by atoms with Gasteiger partial charge in [-0.2, -0.15) is 0 Å². The maximum atomic E-state index is 2.50. The Hall–Kier alpha value is -2.12. The number of quaternary nitrogens is 1. The van der Waals surface area contributed by atoms with Crippen LogP contribution < -0.4 is 0 Å². The standard InChI is InChI=1S/C40H64N/c1-3-5-7-9-11-13-15-17-19-21-29-35-41(37-39-31-25-23-26-32-39,38-40-33-27-24-28-34-40)36-30-22-20-18-16-14-12-10-8-6-4-2/h21-34H,3-20,35-38H2,1-2H3/q+1/b29-21+,30-22+. The van der Waals surface area contributed by atoms with Crippen molar-refractivity contribution in [3.63, 3.8) is 0 Å². The summed E-state index contributed by atoms with van der Waals surface area (Å²) in [4.78, 5) is 0. The van der Waals surface area contributed by atoms with Crippen molar-refractivity contribution in [1.82, 2.24) is 0 Å². The highest BCUT2D eigenvalue weighted by molar-refractivity contribution is 5.16. The summed E-state index contributed by atoms with van der Waals surface area (Å²) in [6.45, 7) is 8.91. The SMILES string of the molecule is CCCCCCCCCC/C=C/C[N+](C/C=C/CCCCCCCCCC)(Cc1ccccc1)Cc1ccccc1. The molecule has 228 valence electrons. The van der Waals surface area contributed by atoms with Crippen molar-refractivity contribution in [2.24, 2.45) is 0 Å². The first-order valence-corrected chi connectivity index (χ1v) is 17.5. The molecule has 0 saturated heterocycles. The highest BCUT2D eigenvalue weighted by Crippen LogP contribution is 2.21. The Balaban J connectivity index is 1.93. The topological polar surface area (TPSA) is 0 Å². The number of allylic oxidation sites excluding steroid dienone is 2. The summed E-state index contributed by atoms with van der Waals surface area (Å²) >= 11 is 0. The van der Waals surface area contributed by atoms with Gasteiger partial charge in [0.2, 0.25) is 0 Å². The molecule has 0 spiro atoms. The lowest BCUT2D eigenvalue weighted by molar-refractivity contribution is -0.943. The van der Waals surface area contributed by atoms with E-state index in [1.165, 1.54) is 127 Å². The molecule has 0 radical (unpaired) electrons. The van der Waals surface area contributed by atoms with E-state index in [0.29, 0.717) is 0 Å². The van der Waals surface area contributed by atoms with Crippen LogP contribution in [-0.4, -0.2) is 17.6 Å². The summed E-state index contributed by atoms with van der Waals surface area (Å²) in [7, 11) is 0. The van der Waals surface area contributed by atoms with Crippen LogP contribution in [0.1, 0.15) is 141 Å². The van der Waals surface area contributed by atoms with E-state index in [1.807, 2.05) is 0 Å². The molecule has 2 rings (SSSR count). The minimum atomic E-state index is 1.05. The number of benzene rings is 2. The van der Waals surface area contributed by atoms with Gasteiger partial charge in [0.05, 0.1) is 13.1 Å². The zero-order valence-corrected chi connectivity index (χ0v) is 27.1. The molecular formula is C40H64N+. The van der Waals surface area contributed by atoms with Crippen molar-refractivity contribution in [3.8, 4) is 0 Å². The molecule has 2 aromatic rings. The second kappa shape index (κ2) is 24.5. The Morgan fingerprint density at radius 1 is 0.415 bits per heavy atom. The highest BCUT2D eigenvalue weighted by atomic mass is 15.3. The van der Waals surface area contributed by atoms with E-state index in [1.54, 1.807) is 0 Å². The van der Waals surface area contributed by atoms with Crippen LogP contribution >= 0.6 is 0 Å². The molecule has 0 N–H and O–H groups in total. The molecular weight excluding hydrogens is 494 g/mol. The van der Waals surface area contributed by atoms with E-state index in [2.05, 4.69) is 98.8 Å². The summed E-state index contributed by atoms with van der Waals surface area (Å²) in [5, 5.41) is 0. The first-order chi connectivity index (χ1) is 20.3.